The molecule has 0 saturated carbocycles. The van der Waals surface area contributed by atoms with Crippen LogP contribution in [0.15, 0.2) is 46.1 Å². The molecule has 0 aliphatic carbocycles. The second-order valence-corrected chi connectivity index (χ2v) is 6.69. The van der Waals surface area contributed by atoms with Crippen molar-refractivity contribution in [2.24, 2.45) is 0 Å². The highest BCUT2D eigenvalue weighted by molar-refractivity contribution is 7.98. The van der Waals surface area contributed by atoms with Crippen molar-refractivity contribution in [2.45, 2.75) is 11.8 Å². The fourth-order valence-corrected chi connectivity index (χ4v) is 3.83. The summed E-state index contributed by atoms with van der Waals surface area (Å²) in [6.07, 6.45) is 1.99. The molecule has 3 rings (SSSR count). The van der Waals surface area contributed by atoms with Crippen molar-refractivity contribution in [1.82, 2.24) is 0 Å². The highest BCUT2D eigenvalue weighted by Crippen LogP contribution is 2.28. The van der Waals surface area contributed by atoms with E-state index in [1.165, 1.54) is 11.3 Å². The summed E-state index contributed by atoms with van der Waals surface area (Å²) in [7, 11) is 0. The highest BCUT2D eigenvalue weighted by Gasteiger charge is 2.11. The Morgan fingerprint density at radius 2 is 1.95 bits per heavy atom. The first-order valence-electron chi connectivity index (χ1n) is 6.85. The summed E-state index contributed by atoms with van der Waals surface area (Å²) >= 11 is 3.13. The summed E-state index contributed by atoms with van der Waals surface area (Å²) in [4.78, 5) is 25.5. The molecule has 0 amide bonds. The van der Waals surface area contributed by atoms with Crippen molar-refractivity contribution in [2.75, 3.05) is 12.9 Å². The van der Waals surface area contributed by atoms with Crippen LogP contribution in [-0.2, 0) is 4.74 Å². The molecule has 0 aliphatic heterocycles. The molecule has 0 fully saturated rings. The van der Waals surface area contributed by atoms with Crippen LogP contribution in [0.25, 0.3) is 20.2 Å². The molecule has 0 radical (unpaired) electrons. The molecule has 0 N–H and O–H groups in total. The summed E-state index contributed by atoms with van der Waals surface area (Å²) in [5.41, 5.74) is 0.486. The number of fused-ring (bicyclic) bond motifs is 2. The quantitative estimate of drug-likeness (QED) is 0.408. The predicted octanol–water partition coefficient (Wildman–Crippen LogP) is 4.31. The van der Waals surface area contributed by atoms with Crippen LogP contribution >= 0.6 is 23.1 Å². The minimum absolute atomic E-state index is 0.00931. The fraction of sp³-hybridized carbons (Fsp3) is 0.176. The van der Waals surface area contributed by atoms with E-state index in [9.17, 15) is 9.59 Å². The maximum atomic E-state index is 12.6. The van der Waals surface area contributed by atoms with Gasteiger partial charge >= 0.3 is 5.97 Å². The molecular weight excluding hydrogens is 316 g/mol. The van der Waals surface area contributed by atoms with E-state index >= 15 is 0 Å². The van der Waals surface area contributed by atoms with E-state index in [-0.39, 0.29) is 11.4 Å². The average molecular weight is 330 g/mol. The number of ether oxygens (including phenoxy) is 1. The molecule has 2 aromatic carbocycles. The van der Waals surface area contributed by atoms with Crippen molar-refractivity contribution >= 4 is 49.2 Å². The number of carbonyl (C=O) groups excluding carboxylic acids is 1. The summed E-state index contributed by atoms with van der Waals surface area (Å²) in [6, 6.07) is 11.0. The lowest BCUT2D eigenvalue weighted by molar-refractivity contribution is 0.0526. The maximum Gasteiger partial charge on any atom is 0.338 e. The highest BCUT2D eigenvalue weighted by atomic mass is 32.2. The van der Waals surface area contributed by atoms with E-state index in [4.69, 9.17) is 4.74 Å². The van der Waals surface area contributed by atoms with Gasteiger partial charge < -0.3 is 4.74 Å². The predicted molar refractivity (Wildman–Crippen MR) is 93.3 cm³/mol. The first kappa shape index (κ1) is 15.1. The molecule has 0 atom stereocenters. The van der Waals surface area contributed by atoms with Crippen LogP contribution in [-0.4, -0.2) is 18.8 Å². The Bertz CT molecular complexity index is 928. The second kappa shape index (κ2) is 6.10. The van der Waals surface area contributed by atoms with Gasteiger partial charge in [-0.1, -0.05) is 0 Å². The molecule has 1 aromatic heterocycles. The van der Waals surface area contributed by atoms with Crippen molar-refractivity contribution in [3.8, 4) is 0 Å². The van der Waals surface area contributed by atoms with E-state index in [1.54, 1.807) is 36.9 Å². The molecule has 3 aromatic rings. The van der Waals surface area contributed by atoms with E-state index in [2.05, 4.69) is 0 Å². The van der Waals surface area contributed by atoms with Crippen LogP contribution in [0.5, 0.6) is 0 Å². The van der Waals surface area contributed by atoms with Crippen molar-refractivity contribution in [3.63, 3.8) is 0 Å². The minimum Gasteiger partial charge on any atom is -0.462 e. The van der Waals surface area contributed by atoms with Gasteiger partial charge in [0.25, 0.3) is 0 Å². The summed E-state index contributed by atoms with van der Waals surface area (Å²) in [5.74, 6) is -0.359. The summed E-state index contributed by atoms with van der Waals surface area (Å²) in [5, 5.41) is 1.37. The number of esters is 1. The molecule has 5 heteroatoms. The van der Waals surface area contributed by atoms with Gasteiger partial charge in [-0.05, 0) is 49.6 Å². The van der Waals surface area contributed by atoms with Crippen LogP contribution in [0, 0.1) is 0 Å². The van der Waals surface area contributed by atoms with Crippen LogP contribution in [0.4, 0.5) is 0 Å². The van der Waals surface area contributed by atoms with Gasteiger partial charge in [0.2, 0.25) is 0 Å². The lowest BCUT2D eigenvalue weighted by Gasteiger charge is -2.05. The molecule has 0 unspecified atom stereocenters. The Hall–Kier alpha value is -1.85. The second-order valence-electron chi connectivity index (χ2n) is 4.72. The molecule has 112 valence electrons. The Labute approximate surface area is 135 Å². The standard InChI is InChI=1S/C17H14O3S2/c1-3-20-17(19)10-4-6-12-15(8-10)22-14-7-5-11(21-2)9-13(14)16(12)18/h4-9H,3H2,1-2H3. The molecule has 22 heavy (non-hydrogen) atoms. The number of benzene rings is 2. The Morgan fingerprint density at radius 3 is 2.68 bits per heavy atom. The summed E-state index contributed by atoms with van der Waals surface area (Å²) < 4.78 is 6.74. The normalized spacial score (nSPS) is 11.0. The minimum atomic E-state index is -0.359. The first-order chi connectivity index (χ1) is 10.6. The van der Waals surface area contributed by atoms with E-state index in [0.717, 1.165) is 19.7 Å². The van der Waals surface area contributed by atoms with Gasteiger partial charge in [-0.25, -0.2) is 4.79 Å². The first-order valence-corrected chi connectivity index (χ1v) is 8.90. The number of hydrogen-bond donors (Lipinski definition) is 0. The zero-order chi connectivity index (χ0) is 15.7. The molecule has 3 nitrogen and oxygen atoms in total. The van der Waals surface area contributed by atoms with Crippen molar-refractivity contribution in [1.29, 1.82) is 0 Å². The third kappa shape index (κ3) is 2.62. The van der Waals surface area contributed by atoms with Gasteiger partial charge in [0.05, 0.1) is 12.2 Å². The van der Waals surface area contributed by atoms with Gasteiger partial charge in [0.15, 0.2) is 5.43 Å². The topological polar surface area (TPSA) is 43.4 Å². The SMILES string of the molecule is CCOC(=O)c1ccc2c(=O)c3cc(SC)ccc3sc2c1. The Kier molecular flexibility index (Phi) is 4.18. The van der Waals surface area contributed by atoms with Crippen molar-refractivity contribution < 1.29 is 9.53 Å². The van der Waals surface area contributed by atoms with E-state index in [1.807, 2.05) is 24.5 Å². The molecule has 0 bridgehead atoms. The third-order valence-electron chi connectivity index (χ3n) is 3.39. The van der Waals surface area contributed by atoms with Gasteiger partial charge in [0.1, 0.15) is 0 Å². The van der Waals surface area contributed by atoms with Gasteiger partial charge in [-0.2, -0.15) is 0 Å². The number of hydrogen-bond acceptors (Lipinski definition) is 5. The van der Waals surface area contributed by atoms with E-state index < -0.39 is 0 Å². The van der Waals surface area contributed by atoms with Crippen LogP contribution < -0.4 is 5.43 Å². The van der Waals surface area contributed by atoms with Gasteiger partial charge in [0, 0.05) is 25.1 Å². The van der Waals surface area contributed by atoms with Crippen molar-refractivity contribution in [3.05, 3.63) is 52.2 Å². The Morgan fingerprint density at radius 1 is 1.14 bits per heavy atom. The number of thioether (sulfide) groups is 1. The lowest BCUT2D eigenvalue weighted by Crippen LogP contribution is -2.06. The van der Waals surface area contributed by atoms with E-state index in [0.29, 0.717) is 17.6 Å². The number of carbonyl (C=O) groups is 1. The molecule has 1 heterocycles. The maximum absolute atomic E-state index is 12.6. The van der Waals surface area contributed by atoms with Gasteiger partial charge in [-0.15, -0.1) is 23.1 Å². The molecule has 0 spiro atoms. The largest absolute Gasteiger partial charge is 0.462 e. The average Bonchev–Trinajstić information content (AvgIpc) is 2.54. The smallest absolute Gasteiger partial charge is 0.338 e. The summed E-state index contributed by atoms with van der Waals surface area (Å²) in [6.45, 7) is 2.11. The zero-order valence-corrected chi connectivity index (χ0v) is 13.8. The van der Waals surface area contributed by atoms with Crippen LogP contribution in [0.2, 0.25) is 0 Å². The van der Waals surface area contributed by atoms with Gasteiger partial charge in [-0.3, -0.25) is 4.79 Å². The van der Waals surface area contributed by atoms with Crippen LogP contribution in [0.3, 0.4) is 0 Å². The third-order valence-corrected chi connectivity index (χ3v) is 5.25. The van der Waals surface area contributed by atoms with Crippen LogP contribution in [0.1, 0.15) is 17.3 Å². The number of rotatable bonds is 3. The zero-order valence-electron chi connectivity index (χ0n) is 12.2. The molecule has 0 saturated heterocycles. The molecule has 0 aliphatic rings. The monoisotopic (exact) mass is 330 g/mol. The Balaban J connectivity index is 2.24. The fourth-order valence-electron chi connectivity index (χ4n) is 2.30. The molecular formula is C17H14O3S2. The lowest BCUT2D eigenvalue weighted by atomic mass is 10.1.